The molecule has 0 aliphatic carbocycles. The van der Waals surface area contributed by atoms with E-state index >= 15 is 0 Å². The molecule has 0 spiro atoms. The van der Waals surface area contributed by atoms with Crippen molar-refractivity contribution in [3.63, 3.8) is 0 Å². The van der Waals surface area contributed by atoms with E-state index in [1.54, 1.807) is 25.4 Å². The third kappa shape index (κ3) is 3.87. The molecule has 9 nitrogen and oxygen atoms in total. The van der Waals surface area contributed by atoms with Crippen molar-refractivity contribution in [2.24, 2.45) is 0 Å². The third-order valence-corrected chi connectivity index (χ3v) is 5.35. The lowest BCUT2D eigenvalue weighted by Gasteiger charge is -2.35. The van der Waals surface area contributed by atoms with Gasteiger partial charge in [-0.15, -0.1) is 0 Å². The Labute approximate surface area is 173 Å². The van der Waals surface area contributed by atoms with Crippen molar-refractivity contribution in [2.45, 2.75) is 19.0 Å². The summed E-state index contributed by atoms with van der Waals surface area (Å²) < 4.78 is 5.40. The molecule has 154 valence electrons. The highest BCUT2D eigenvalue weighted by Crippen LogP contribution is 2.37. The Hall–Kier alpha value is -3.72. The summed E-state index contributed by atoms with van der Waals surface area (Å²) in [5, 5.41) is 11.3. The average Bonchev–Trinajstić information content (AvgIpc) is 2.74. The second-order valence-corrected chi connectivity index (χ2v) is 7.28. The van der Waals surface area contributed by atoms with Gasteiger partial charge in [0.1, 0.15) is 11.6 Å². The standard InChI is InChI=1S/C21H22N6O3/c1-30-17-5-6-18-14(8-17)10-26(11-15-9-24-21(23)25-20(15)22)12-19(18)13-3-2-4-16(7-13)27(28)29/h2-9,19H,10-12H2,1H3,(H4,22,23,24,25). The van der Waals surface area contributed by atoms with Gasteiger partial charge >= 0.3 is 0 Å². The second-order valence-electron chi connectivity index (χ2n) is 7.28. The van der Waals surface area contributed by atoms with Gasteiger partial charge in [-0.2, -0.15) is 4.98 Å². The monoisotopic (exact) mass is 406 g/mol. The zero-order valence-electron chi connectivity index (χ0n) is 16.5. The van der Waals surface area contributed by atoms with Crippen molar-refractivity contribution >= 4 is 17.5 Å². The summed E-state index contributed by atoms with van der Waals surface area (Å²) in [6.07, 6.45) is 1.64. The smallest absolute Gasteiger partial charge is 0.269 e. The second kappa shape index (κ2) is 7.96. The first-order chi connectivity index (χ1) is 14.4. The number of nitro benzene ring substituents is 1. The average molecular weight is 406 g/mol. The summed E-state index contributed by atoms with van der Waals surface area (Å²) in [4.78, 5) is 21.2. The van der Waals surface area contributed by atoms with Gasteiger partial charge in [0.25, 0.3) is 5.69 Å². The van der Waals surface area contributed by atoms with Gasteiger partial charge < -0.3 is 16.2 Å². The molecule has 4 rings (SSSR count). The maximum Gasteiger partial charge on any atom is 0.269 e. The van der Waals surface area contributed by atoms with Crippen molar-refractivity contribution in [1.29, 1.82) is 0 Å². The molecule has 1 atom stereocenters. The first kappa shape index (κ1) is 19.6. The molecule has 1 aliphatic rings. The third-order valence-electron chi connectivity index (χ3n) is 5.35. The molecular weight excluding hydrogens is 384 g/mol. The molecule has 2 heterocycles. The molecule has 0 bridgehead atoms. The van der Waals surface area contributed by atoms with Crippen LogP contribution in [0.1, 0.15) is 28.2 Å². The van der Waals surface area contributed by atoms with E-state index in [1.165, 1.54) is 6.07 Å². The molecule has 4 N–H and O–H groups in total. The number of fused-ring (bicyclic) bond motifs is 1. The fourth-order valence-electron chi connectivity index (χ4n) is 3.91. The van der Waals surface area contributed by atoms with E-state index in [9.17, 15) is 10.1 Å². The Morgan fingerprint density at radius 1 is 1.27 bits per heavy atom. The van der Waals surface area contributed by atoms with E-state index in [-0.39, 0.29) is 22.5 Å². The van der Waals surface area contributed by atoms with Crippen molar-refractivity contribution < 1.29 is 9.66 Å². The quantitative estimate of drug-likeness (QED) is 0.488. The highest BCUT2D eigenvalue weighted by Gasteiger charge is 2.28. The molecule has 0 amide bonds. The fourth-order valence-corrected chi connectivity index (χ4v) is 3.91. The maximum atomic E-state index is 11.3. The number of nitrogens with zero attached hydrogens (tertiary/aromatic N) is 4. The summed E-state index contributed by atoms with van der Waals surface area (Å²) in [6, 6.07) is 12.8. The zero-order valence-corrected chi connectivity index (χ0v) is 16.5. The summed E-state index contributed by atoms with van der Waals surface area (Å²) in [6.45, 7) is 1.89. The number of nitrogens with two attached hydrogens (primary N) is 2. The summed E-state index contributed by atoms with van der Waals surface area (Å²) in [5.41, 5.74) is 15.6. The van der Waals surface area contributed by atoms with E-state index in [0.717, 1.165) is 28.0 Å². The van der Waals surface area contributed by atoms with Crippen molar-refractivity contribution in [3.8, 4) is 5.75 Å². The van der Waals surface area contributed by atoms with Gasteiger partial charge in [-0.25, -0.2) is 4.98 Å². The van der Waals surface area contributed by atoms with E-state index in [4.69, 9.17) is 16.2 Å². The maximum absolute atomic E-state index is 11.3. The number of methoxy groups -OCH3 is 1. The Morgan fingerprint density at radius 2 is 2.10 bits per heavy atom. The van der Waals surface area contributed by atoms with E-state index < -0.39 is 0 Å². The molecule has 30 heavy (non-hydrogen) atoms. The molecule has 1 unspecified atom stereocenters. The summed E-state index contributed by atoms with van der Waals surface area (Å²) in [7, 11) is 1.63. The largest absolute Gasteiger partial charge is 0.497 e. The first-order valence-corrected chi connectivity index (χ1v) is 9.45. The minimum absolute atomic E-state index is 0.0320. The Bertz CT molecular complexity index is 1100. The van der Waals surface area contributed by atoms with Gasteiger partial charge in [-0.1, -0.05) is 18.2 Å². The van der Waals surface area contributed by atoms with Gasteiger partial charge in [-0.05, 0) is 28.8 Å². The molecule has 0 radical (unpaired) electrons. The van der Waals surface area contributed by atoms with Crippen LogP contribution in [0.25, 0.3) is 0 Å². The SMILES string of the molecule is COc1ccc2c(c1)CN(Cc1cnc(N)nc1N)CC2c1cccc([N+](=O)[O-])c1. The molecule has 0 saturated heterocycles. The number of hydrogen-bond donors (Lipinski definition) is 2. The molecule has 0 saturated carbocycles. The number of hydrogen-bond acceptors (Lipinski definition) is 8. The van der Waals surface area contributed by atoms with Gasteiger partial charge in [0.15, 0.2) is 0 Å². The molecule has 2 aromatic carbocycles. The van der Waals surface area contributed by atoms with Crippen molar-refractivity contribution in [2.75, 3.05) is 25.1 Å². The number of ether oxygens (including phenoxy) is 1. The van der Waals surface area contributed by atoms with Crippen LogP contribution in [0.5, 0.6) is 5.75 Å². The van der Waals surface area contributed by atoms with Crippen molar-refractivity contribution in [1.82, 2.24) is 14.9 Å². The lowest BCUT2D eigenvalue weighted by atomic mass is 9.84. The Morgan fingerprint density at radius 3 is 2.83 bits per heavy atom. The zero-order chi connectivity index (χ0) is 21.3. The number of nitro groups is 1. The highest BCUT2D eigenvalue weighted by atomic mass is 16.6. The molecular formula is C21H22N6O3. The first-order valence-electron chi connectivity index (χ1n) is 9.45. The summed E-state index contributed by atoms with van der Waals surface area (Å²) >= 11 is 0. The normalized spacial score (nSPS) is 16.1. The molecule has 0 fully saturated rings. The number of benzene rings is 2. The molecule has 1 aliphatic heterocycles. The van der Waals surface area contributed by atoms with Crippen LogP contribution in [-0.4, -0.2) is 33.4 Å². The van der Waals surface area contributed by atoms with Crippen LogP contribution in [0.2, 0.25) is 0 Å². The number of non-ortho nitro benzene ring substituents is 1. The molecule has 1 aromatic heterocycles. The predicted octanol–water partition coefficient (Wildman–Crippen LogP) is 2.71. The molecule has 3 aromatic rings. The number of nitrogen functional groups attached to an aromatic ring is 2. The predicted molar refractivity (Wildman–Crippen MR) is 113 cm³/mol. The van der Waals surface area contributed by atoms with Crippen LogP contribution in [0.4, 0.5) is 17.5 Å². The topological polar surface area (TPSA) is 133 Å². The summed E-state index contributed by atoms with van der Waals surface area (Å²) in [5.74, 6) is 1.23. The fraction of sp³-hybridized carbons (Fsp3) is 0.238. The van der Waals surface area contributed by atoms with Gasteiger partial charge in [0.05, 0.1) is 12.0 Å². The van der Waals surface area contributed by atoms with E-state index in [0.29, 0.717) is 25.5 Å². The lowest BCUT2D eigenvalue weighted by Crippen LogP contribution is -2.34. The number of aromatic nitrogens is 2. The van der Waals surface area contributed by atoms with Crippen LogP contribution < -0.4 is 16.2 Å². The van der Waals surface area contributed by atoms with Crippen LogP contribution in [0, 0.1) is 10.1 Å². The minimum atomic E-state index is -0.370. The highest BCUT2D eigenvalue weighted by molar-refractivity contribution is 5.47. The molecule has 9 heteroatoms. The lowest BCUT2D eigenvalue weighted by molar-refractivity contribution is -0.384. The number of anilines is 2. The van der Waals surface area contributed by atoms with E-state index in [1.807, 2.05) is 24.3 Å². The van der Waals surface area contributed by atoms with Crippen LogP contribution in [0.3, 0.4) is 0 Å². The van der Waals surface area contributed by atoms with E-state index in [2.05, 4.69) is 14.9 Å². The minimum Gasteiger partial charge on any atom is -0.497 e. The van der Waals surface area contributed by atoms with Crippen LogP contribution in [-0.2, 0) is 13.1 Å². The van der Waals surface area contributed by atoms with Gasteiger partial charge in [0, 0.05) is 49.4 Å². The number of rotatable bonds is 5. The van der Waals surface area contributed by atoms with Gasteiger partial charge in [-0.3, -0.25) is 15.0 Å². The van der Waals surface area contributed by atoms with Crippen molar-refractivity contribution in [3.05, 3.63) is 81.0 Å². The van der Waals surface area contributed by atoms with Gasteiger partial charge in [0.2, 0.25) is 5.95 Å². The Balaban J connectivity index is 1.72. The van der Waals surface area contributed by atoms with Crippen LogP contribution in [0.15, 0.2) is 48.7 Å². The van der Waals surface area contributed by atoms with Crippen LogP contribution >= 0.6 is 0 Å². The Kier molecular flexibility index (Phi) is 5.20.